The summed E-state index contributed by atoms with van der Waals surface area (Å²) in [5, 5.41) is 11.0. The summed E-state index contributed by atoms with van der Waals surface area (Å²) >= 11 is 1.27. The molecular weight excluding hydrogens is 307 g/mol. The molecule has 0 radical (unpaired) electrons. The molecular formula is C12H10F3N3O2S. The third-order valence-corrected chi connectivity index (χ3v) is 4.08. The monoisotopic (exact) mass is 317 g/mol. The van der Waals surface area contributed by atoms with Gasteiger partial charge >= 0.3 is 12.1 Å². The fourth-order valence-electron chi connectivity index (χ4n) is 2.31. The molecule has 0 bridgehead atoms. The number of carbonyl (C=O) groups is 1. The number of thiazole rings is 1. The van der Waals surface area contributed by atoms with Gasteiger partial charge in [-0.05, 0) is 6.42 Å². The van der Waals surface area contributed by atoms with E-state index in [-0.39, 0.29) is 31.0 Å². The fourth-order valence-corrected chi connectivity index (χ4v) is 3.02. The molecule has 0 fully saturated rings. The van der Waals surface area contributed by atoms with E-state index >= 15 is 0 Å². The third-order valence-electron chi connectivity index (χ3n) is 3.32. The highest BCUT2D eigenvalue weighted by Gasteiger charge is 2.36. The Labute approximate surface area is 120 Å². The van der Waals surface area contributed by atoms with E-state index in [1.54, 1.807) is 16.5 Å². The minimum atomic E-state index is -4.32. The Morgan fingerprint density at radius 1 is 1.43 bits per heavy atom. The maximum atomic E-state index is 12.6. The Bertz CT molecular complexity index is 732. The molecule has 112 valence electrons. The normalized spacial score (nSPS) is 16.3. The van der Waals surface area contributed by atoms with Crippen molar-refractivity contribution < 1.29 is 23.1 Å². The van der Waals surface area contributed by atoms with Gasteiger partial charge in [-0.3, -0.25) is 4.40 Å². The van der Waals surface area contributed by atoms with Crippen molar-refractivity contribution in [3.8, 4) is 0 Å². The summed E-state index contributed by atoms with van der Waals surface area (Å²) < 4.78 is 39.2. The molecule has 21 heavy (non-hydrogen) atoms. The maximum absolute atomic E-state index is 12.6. The van der Waals surface area contributed by atoms with Gasteiger partial charge in [0, 0.05) is 30.2 Å². The molecule has 2 aromatic rings. The summed E-state index contributed by atoms with van der Waals surface area (Å²) in [6.07, 6.45) is -1.83. The Hall–Kier alpha value is -2.03. The van der Waals surface area contributed by atoms with E-state index in [0.29, 0.717) is 4.96 Å². The van der Waals surface area contributed by atoms with Crippen molar-refractivity contribution in [1.82, 2.24) is 9.38 Å². The van der Waals surface area contributed by atoms with Crippen LogP contribution in [0.1, 0.15) is 16.9 Å². The van der Waals surface area contributed by atoms with Gasteiger partial charge in [-0.1, -0.05) is 6.08 Å². The van der Waals surface area contributed by atoms with E-state index in [9.17, 15) is 23.1 Å². The highest BCUT2D eigenvalue weighted by Crippen LogP contribution is 2.32. The Morgan fingerprint density at radius 3 is 2.76 bits per heavy atom. The number of carboxylic acid groups (broad SMARTS) is 1. The van der Waals surface area contributed by atoms with Crippen molar-refractivity contribution >= 4 is 28.1 Å². The number of imidazole rings is 1. The molecule has 1 N–H and O–H groups in total. The van der Waals surface area contributed by atoms with Gasteiger partial charge in [0.2, 0.25) is 0 Å². The Balaban J connectivity index is 1.96. The standard InChI is InChI=1S/C12H10F3N3O2S/c13-12(14,15)7-1-3-17(4-2-7)9-8(10(19)20)18-5-6-21-11(18)16-9/h1,5-6H,2-4H2,(H,19,20). The van der Waals surface area contributed by atoms with Crippen LogP contribution in [0.3, 0.4) is 0 Å². The molecule has 9 heteroatoms. The van der Waals surface area contributed by atoms with Gasteiger partial charge in [0.15, 0.2) is 16.5 Å². The van der Waals surface area contributed by atoms with E-state index in [2.05, 4.69) is 4.98 Å². The van der Waals surface area contributed by atoms with Crippen LogP contribution in [0.5, 0.6) is 0 Å². The lowest BCUT2D eigenvalue weighted by Gasteiger charge is -2.27. The van der Waals surface area contributed by atoms with Crippen LogP contribution < -0.4 is 4.90 Å². The summed E-state index contributed by atoms with van der Waals surface area (Å²) in [6, 6.07) is 0. The number of fused-ring (bicyclic) bond motifs is 1. The van der Waals surface area contributed by atoms with Gasteiger partial charge in [-0.25, -0.2) is 9.78 Å². The number of nitrogens with zero attached hydrogens (tertiary/aromatic N) is 3. The first-order valence-corrected chi connectivity index (χ1v) is 6.96. The summed E-state index contributed by atoms with van der Waals surface area (Å²) in [6.45, 7) is 0.0937. The molecule has 1 aliphatic rings. The molecule has 2 aromatic heterocycles. The Morgan fingerprint density at radius 2 is 2.19 bits per heavy atom. The number of aromatic carboxylic acids is 1. The molecule has 0 unspecified atom stereocenters. The summed E-state index contributed by atoms with van der Waals surface area (Å²) in [7, 11) is 0. The SMILES string of the molecule is O=C(O)c1c(N2CC=C(C(F)(F)F)CC2)nc2sccn12. The first-order valence-electron chi connectivity index (χ1n) is 6.08. The molecule has 1 aliphatic heterocycles. The van der Waals surface area contributed by atoms with Crippen molar-refractivity contribution in [2.45, 2.75) is 12.6 Å². The minimum absolute atomic E-state index is 0.0000420. The van der Waals surface area contributed by atoms with Gasteiger partial charge in [0.05, 0.1) is 0 Å². The van der Waals surface area contributed by atoms with Crippen LogP contribution >= 0.6 is 11.3 Å². The molecule has 0 atom stereocenters. The average molecular weight is 317 g/mol. The van der Waals surface area contributed by atoms with Crippen LogP contribution in [0.4, 0.5) is 19.0 Å². The molecule has 0 aromatic carbocycles. The van der Waals surface area contributed by atoms with Crippen molar-refractivity contribution in [2.75, 3.05) is 18.0 Å². The largest absolute Gasteiger partial charge is 0.476 e. The number of anilines is 1. The van der Waals surface area contributed by atoms with Crippen molar-refractivity contribution in [1.29, 1.82) is 0 Å². The lowest BCUT2D eigenvalue weighted by atomic mass is 10.1. The van der Waals surface area contributed by atoms with E-state index < -0.39 is 17.7 Å². The van der Waals surface area contributed by atoms with E-state index in [4.69, 9.17) is 0 Å². The molecule has 0 aliphatic carbocycles. The topological polar surface area (TPSA) is 57.8 Å². The van der Waals surface area contributed by atoms with Crippen LogP contribution in [0, 0.1) is 0 Å². The van der Waals surface area contributed by atoms with E-state index in [1.165, 1.54) is 15.7 Å². The van der Waals surface area contributed by atoms with Crippen molar-refractivity contribution in [3.05, 3.63) is 28.9 Å². The van der Waals surface area contributed by atoms with Crippen LogP contribution in [-0.4, -0.2) is 39.7 Å². The zero-order chi connectivity index (χ0) is 15.2. The summed E-state index contributed by atoms with van der Waals surface area (Å²) in [5.41, 5.74) is -0.591. The highest BCUT2D eigenvalue weighted by atomic mass is 32.1. The fraction of sp³-hybridized carbons (Fsp3) is 0.333. The smallest absolute Gasteiger partial charge is 0.412 e. The average Bonchev–Trinajstić information content (AvgIpc) is 2.96. The van der Waals surface area contributed by atoms with Gasteiger partial charge in [0.1, 0.15) is 0 Å². The predicted molar refractivity (Wildman–Crippen MR) is 71.0 cm³/mol. The second kappa shape index (κ2) is 4.76. The van der Waals surface area contributed by atoms with E-state index in [1.807, 2.05) is 0 Å². The van der Waals surface area contributed by atoms with Crippen LogP contribution in [0.15, 0.2) is 23.2 Å². The number of carboxylic acids is 1. The number of halogens is 3. The highest BCUT2D eigenvalue weighted by molar-refractivity contribution is 7.15. The second-order valence-corrected chi connectivity index (χ2v) is 5.44. The van der Waals surface area contributed by atoms with E-state index in [0.717, 1.165) is 6.08 Å². The number of rotatable bonds is 2. The number of alkyl halides is 3. The van der Waals surface area contributed by atoms with Crippen molar-refractivity contribution in [2.24, 2.45) is 0 Å². The maximum Gasteiger partial charge on any atom is 0.412 e. The molecule has 0 saturated heterocycles. The van der Waals surface area contributed by atoms with Crippen LogP contribution in [0.25, 0.3) is 4.96 Å². The zero-order valence-corrected chi connectivity index (χ0v) is 11.4. The first kappa shape index (κ1) is 13.9. The van der Waals surface area contributed by atoms with Gasteiger partial charge < -0.3 is 10.0 Å². The summed E-state index contributed by atoms with van der Waals surface area (Å²) in [5.74, 6) is -0.937. The minimum Gasteiger partial charge on any atom is -0.476 e. The lowest BCUT2D eigenvalue weighted by Crippen LogP contribution is -2.33. The number of aromatic nitrogens is 2. The number of hydrogen-bond acceptors (Lipinski definition) is 4. The van der Waals surface area contributed by atoms with Crippen LogP contribution in [-0.2, 0) is 0 Å². The first-order chi connectivity index (χ1) is 9.88. The van der Waals surface area contributed by atoms with Crippen LogP contribution in [0.2, 0.25) is 0 Å². The predicted octanol–water partition coefficient (Wildman–Crippen LogP) is 2.79. The van der Waals surface area contributed by atoms with Gasteiger partial charge in [-0.15, -0.1) is 11.3 Å². The molecule has 0 amide bonds. The quantitative estimate of drug-likeness (QED) is 0.865. The zero-order valence-electron chi connectivity index (χ0n) is 10.6. The molecule has 5 nitrogen and oxygen atoms in total. The molecule has 0 spiro atoms. The Kier molecular flexibility index (Phi) is 3.16. The van der Waals surface area contributed by atoms with Gasteiger partial charge in [-0.2, -0.15) is 13.2 Å². The van der Waals surface area contributed by atoms with Crippen molar-refractivity contribution in [3.63, 3.8) is 0 Å². The third kappa shape index (κ3) is 2.37. The number of hydrogen-bond donors (Lipinski definition) is 1. The lowest BCUT2D eigenvalue weighted by molar-refractivity contribution is -0.0944. The molecule has 3 rings (SSSR count). The summed E-state index contributed by atoms with van der Waals surface area (Å²) in [4.78, 5) is 17.7. The van der Waals surface area contributed by atoms with Gasteiger partial charge in [0.25, 0.3) is 0 Å². The molecule has 0 saturated carbocycles. The second-order valence-electron chi connectivity index (χ2n) is 4.57. The molecule has 3 heterocycles.